The summed E-state index contributed by atoms with van der Waals surface area (Å²) in [6.07, 6.45) is 1.42. The molecule has 0 fully saturated rings. The summed E-state index contributed by atoms with van der Waals surface area (Å²) in [5.41, 5.74) is 0. The number of carbonyl (C=O) groups is 3. The highest BCUT2D eigenvalue weighted by Gasteiger charge is 2.22. The van der Waals surface area contributed by atoms with E-state index in [2.05, 4.69) is 10.6 Å². The number of alkyl carbamates (subject to hydrolysis) is 1. The molecule has 0 aliphatic heterocycles. The summed E-state index contributed by atoms with van der Waals surface area (Å²) in [6, 6.07) is -0.788. The SMILES string of the molecule is CCCCOC(=O)NC(CC(C)C)C(=O)NCC(=O)O. The molecule has 1 unspecified atom stereocenters. The molecule has 0 aliphatic rings. The van der Waals surface area contributed by atoms with E-state index >= 15 is 0 Å². The largest absolute Gasteiger partial charge is 0.480 e. The Hall–Kier alpha value is -1.79. The van der Waals surface area contributed by atoms with Crippen LogP contribution in [0.15, 0.2) is 0 Å². The van der Waals surface area contributed by atoms with Crippen LogP contribution in [0.3, 0.4) is 0 Å². The van der Waals surface area contributed by atoms with E-state index in [9.17, 15) is 14.4 Å². The van der Waals surface area contributed by atoms with Gasteiger partial charge in [-0.2, -0.15) is 0 Å². The van der Waals surface area contributed by atoms with E-state index in [0.29, 0.717) is 13.0 Å². The minimum absolute atomic E-state index is 0.173. The molecule has 0 aromatic heterocycles. The Bertz CT molecular complexity index is 331. The molecule has 0 heterocycles. The van der Waals surface area contributed by atoms with Crippen LogP contribution < -0.4 is 10.6 Å². The van der Waals surface area contributed by atoms with Crippen molar-refractivity contribution in [2.24, 2.45) is 5.92 Å². The third-order valence-electron chi connectivity index (χ3n) is 2.46. The van der Waals surface area contributed by atoms with Crippen molar-refractivity contribution in [1.29, 1.82) is 0 Å². The summed E-state index contributed by atoms with van der Waals surface area (Å²) in [5, 5.41) is 13.2. The first-order valence-electron chi connectivity index (χ1n) is 6.79. The molecule has 0 aromatic rings. The lowest BCUT2D eigenvalue weighted by Gasteiger charge is -2.19. The van der Waals surface area contributed by atoms with E-state index in [1.165, 1.54) is 0 Å². The Balaban J connectivity index is 4.35. The number of aliphatic carboxylic acids is 1. The second kappa shape index (κ2) is 10.1. The van der Waals surface area contributed by atoms with Gasteiger partial charge in [0.1, 0.15) is 12.6 Å². The molecule has 7 nitrogen and oxygen atoms in total. The molecular formula is C13H24N2O5. The van der Waals surface area contributed by atoms with Crippen molar-refractivity contribution in [3.63, 3.8) is 0 Å². The normalized spacial score (nSPS) is 11.8. The number of amides is 2. The predicted octanol–water partition coefficient (Wildman–Crippen LogP) is 1.13. The number of carboxylic acid groups (broad SMARTS) is 1. The lowest BCUT2D eigenvalue weighted by molar-refractivity contribution is -0.138. The average Bonchev–Trinajstić information content (AvgIpc) is 2.34. The maximum Gasteiger partial charge on any atom is 0.407 e. The maximum absolute atomic E-state index is 11.8. The molecule has 20 heavy (non-hydrogen) atoms. The van der Waals surface area contributed by atoms with Crippen molar-refractivity contribution in [1.82, 2.24) is 10.6 Å². The van der Waals surface area contributed by atoms with Crippen molar-refractivity contribution in [2.75, 3.05) is 13.2 Å². The molecule has 0 spiro atoms. The van der Waals surface area contributed by atoms with E-state index in [-0.39, 0.29) is 5.92 Å². The summed E-state index contributed by atoms with van der Waals surface area (Å²) in [6.45, 7) is 5.61. The molecule has 0 saturated heterocycles. The van der Waals surface area contributed by atoms with Crippen LogP contribution in [0.5, 0.6) is 0 Å². The van der Waals surface area contributed by atoms with Crippen molar-refractivity contribution in [3.8, 4) is 0 Å². The highest BCUT2D eigenvalue weighted by Crippen LogP contribution is 2.05. The number of carbonyl (C=O) groups excluding carboxylic acids is 2. The molecule has 0 aromatic carbocycles. The smallest absolute Gasteiger partial charge is 0.407 e. The molecule has 0 rings (SSSR count). The fourth-order valence-corrected chi connectivity index (χ4v) is 1.48. The first-order valence-corrected chi connectivity index (χ1v) is 6.79. The van der Waals surface area contributed by atoms with Crippen LogP contribution in [0.2, 0.25) is 0 Å². The minimum Gasteiger partial charge on any atom is -0.480 e. The van der Waals surface area contributed by atoms with Crippen molar-refractivity contribution in [3.05, 3.63) is 0 Å². The zero-order chi connectivity index (χ0) is 15.5. The van der Waals surface area contributed by atoms with Crippen molar-refractivity contribution in [2.45, 2.75) is 46.1 Å². The third kappa shape index (κ3) is 9.18. The summed E-state index contributed by atoms with van der Waals surface area (Å²) < 4.78 is 4.92. The van der Waals surface area contributed by atoms with Gasteiger partial charge in [-0.3, -0.25) is 9.59 Å². The van der Waals surface area contributed by atoms with Crippen LogP contribution in [0, 0.1) is 5.92 Å². The number of hydrogen-bond donors (Lipinski definition) is 3. The summed E-state index contributed by atoms with van der Waals surface area (Å²) in [4.78, 5) is 33.7. The van der Waals surface area contributed by atoms with Gasteiger partial charge in [-0.05, 0) is 18.8 Å². The Morgan fingerprint density at radius 2 is 1.90 bits per heavy atom. The highest BCUT2D eigenvalue weighted by molar-refractivity contribution is 5.87. The van der Waals surface area contributed by atoms with Gasteiger partial charge in [0.15, 0.2) is 0 Å². The van der Waals surface area contributed by atoms with Crippen molar-refractivity contribution < 1.29 is 24.2 Å². The number of unbranched alkanes of at least 4 members (excludes halogenated alkanes) is 1. The second-order valence-electron chi connectivity index (χ2n) is 4.93. The Kier molecular flexibility index (Phi) is 9.15. The topological polar surface area (TPSA) is 105 Å². The van der Waals surface area contributed by atoms with Crippen molar-refractivity contribution >= 4 is 18.0 Å². The predicted molar refractivity (Wildman–Crippen MR) is 73.3 cm³/mol. The van der Waals surface area contributed by atoms with Gasteiger partial charge in [0.25, 0.3) is 0 Å². The van der Waals surface area contributed by atoms with E-state index in [1.54, 1.807) is 0 Å². The highest BCUT2D eigenvalue weighted by atomic mass is 16.5. The van der Waals surface area contributed by atoms with Gasteiger partial charge in [0, 0.05) is 0 Å². The monoisotopic (exact) mass is 288 g/mol. The summed E-state index contributed by atoms with van der Waals surface area (Å²) in [7, 11) is 0. The Morgan fingerprint density at radius 1 is 1.25 bits per heavy atom. The first-order chi connectivity index (χ1) is 9.36. The third-order valence-corrected chi connectivity index (χ3v) is 2.46. The zero-order valence-corrected chi connectivity index (χ0v) is 12.3. The van der Waals surface area contributed by atoms with Crippen LogP contribution in [0.1, 0.15) is 40.0 Å². The van der Waals surface area contributed by atoms with Crippen LogP contribution in [-0.2, 0) is 14.3 Å². The van der Waals surface area contributed by atoms with Crippen LogP contribution >= 0.6 is 0 Å². The van der Waals surface area contributed by atoms with Gasteiger partial charge in [0.2, 0.25) is 5.91 Å². The molecule has 0 bridgehead atoms. The average molecular weight is 288 g/mol. The lowest BCUT2D eigenvalue weighted by Crippen LogP contribution is -2.48. The second-order valence-corrected chi connectivity index (χ2v) is 4.93. The minimum atomic E-state index is -1.13. The van der Waals surface area contributed by atoms with Gasteiger partial charge >= 0.3 is 12.1 Å². The van der Waals surface area contributed by atoms with E-state index in [0.717, 1.165) is 12.8 Å². The maximum atomic E-state index is 11.8. The number of rotatable bonds is 9. The molecule has 0 aliphatic carbocycles. The van der Waals surface area contributed by atoms with Gasteiger partial charge in [0.05, 0.1) is 6.61 Å². The summed E-state index contributed by atoms with van der Waals surface area (Å²) >= 11 is 0. The Labute approximate surface area is 119 Å². The number of carboxylic acids is 1. The molecule has 1 atom stereocenters. The molecule has 2 amide bonds. The zero-order valence-electron chi connectivity index (χ0n) is 12.3. The van der Waals surface area contributed by atoms with Gasteiger partial charge in [-0.1, -0.05) is 27.2 Å². The number of ether oxygens (including phenoxy) is 1. The van der Waals surface area contributed by atoms with E-state index in [4.69, 9.17) is 9.84 Å². The van der Waals surface area contributed by atoms with Gasteiger partial charge in [-0.15, -0.1) is 0 Å². The van der Waals surface area contributed by atoms with Crippen LogP contribution in [0.4, 0.5) is 4.79 Å². The van der Waals surface area contributed by atoms with Gasteiger partial charge in [-0.25, -0.2) is 4.79 Å². The summed E-state index contributed by atoms with van der Waals surface area (Å²) in [5.74, 6) is -1.48. The van der Waals surface area contributed by atoms with Crippen LogP contribution in [0.25, 0.3) is 0 Å². The number of hydrogen-bond acceptors (Lipinski definition) is 4. The fourth-order valence-electron chi connectivity index (χ4n) is 1.48. The molecule has 7 heteroatoms. The number of nitrogens with one attached hydrogen (secondary N) is 2. The van der Waals surface area contributed by atoms with E-state index in [1.807, 2.05) is 20.8 Å². The lowest BCUT2D eigenvalue weighted by atomic mass is 10.0. The molecule has 0 saturated carbocycles. The molecule has 3 N–H and O–H groups in total. The molecule has 0 radical (unpaired) electrons. The standard InChI is InChI=1S/C13H24N2O5/c1-4-5-6-20-13(19)15-10(7-9(2)3)12(18)14-8-11(16)17/h9-10H,4-8H2,1-3H3,(H,14,18)(H,15,19)(H,16,17). The van der Waals surface area contributed by atoms with Gasteiger partial charge < -0.3 is 20.5 Å². The fraction of sp³-hybridized carbons (Fsp3) is 0.769. The molecular weight excluding hydrogens is 264 g/mol. The van der Waals surface area contributed by atoms with E-state index < -0.39 is 30.6 Å². The quantitative estimate of drug-likeness (QED) is 0.552. The van der Waals surface area contributed by atoms with Crippen LogP contribution in [-0.4, -0.2) is 42.3 Å². The first kappa shape index (κ1) is 18.2. The molecule has 116 valence electrons. The Morgan fingerprint density at radius 3 is 2.40 bits per heavy atom.